The van der Waals surface area contributed by atoms with Gasteiger partial charge in [0.1, 0.15) is 4.90 Å². The van der Waals surface area contributed by atoms with E-state index in [0.29, 0.717) is 6.07 Å². The lowest BCUT2D eigenvalue weighted by Gasteiger charge is -2.12. The van der Waals surface area contributed by atoms with Crippen molar-refractivity contribution in [1.29, 1.82) is 0 Å². The lowest BCUT2D eigenvalue weighted by Crippen LogP contribution is -2.14. The SMILES string of the molecule is Cc1cccc(C(F)(F)F)c1S(=O)(=O)O. The molecule has 0 fully saturated rings. The Morgan fingerprint density at radius 3 is 2.13 bits per heavy atom. The van der Waals surface area contributed by atoms with E-state index in [1.807, 2.05) is 0 Å². The van der Waals surface area contributed by atoms with Crippen LogP contribution < -0.4 is 0 Å². The average molecular weight is 240 g/mol. The monoisotopic (exact) mass is 240 g/mol. The molecule has 0 heterocycles. The third kappa shape index (κ3) is 2.48. The maximum atomic E-state index is 12.4. The van der Waals surface area contributed by atoms with E-state index in [1.54, 1.807) is 0 Å². The first-order valence-electron chi connectivity index (χ1n) is 3.78. The fourth-order valence-corrected chi connectivity index (χ4v) is 2.15. The molecule has 1 N–H and O–H groups in total. The number of rotatable bonds is 1. The summed E-state index contributed by atoms with van der Waals surface area (Å²) in [6.07, 6.45) is -4.81. The molecule has 1 aromatic carbocycles. The van der Waals surface area contributed by atoms with Crippen molar-refractivity contribution in [3.05, 3.63) is 29.3 Å². The molecule has 0 unspecified atom stereocenters. The van der Waals surface area contributed by atoms with Crippen LogP contribution in [0.4, 0.5) is 13.2 Å². The topological polar surface area (TPSA) is 54.4 Å². The van der Waals surface area contributed by atoms with Crippen LogP contribution in [0.15, 0.2) is 23.1 Å². The van der Waals surface area contributed by atoms with Gasteiger partial charge in [-0.1, -0.05) is 12.1 Å². The summed E-state index contributed by atoms with van der Waals surface area (Å²) in [5, 5.41) is 0. The maximum absolute atomic E-state index is 12.4. The smallest absolute Gasteiger partial charge is 0.282 e. The molecule has 0 bridgehead atoms. The molecule has 1 rings (SSSR count). The van der Waals surface area contributed by atoms with Crippen LogP contribution in [0.2, 0.25) is 0 Å². The minimum Gasteiger partial charge on any atom is -0.282 e. The van der Waals surface area contributed by atoms with Gasteiger partial charge in [0.05, 0.1) is 5.56 Å². The van der Waals surface area contributed by atoms with Gasteiger partial charge in [-0.2, -0.15) is 21.6 Å². The van der Waals surface area contributed by atoms with Gasteiger partial charge in [0.2, 0.25) is 0 Å². The standard InChI is InChI=1S/C8H7F3O3S/c1-5-3-2-4-6(8(9,10)11)7(5)15(12,13)14/h2-4H,1H3,(H,12,13,14). The summed E-state index contributed by atoms with van der Waals surface area (Å²) in [4.78, 5) is -1.09. The van der Waals surface area contributed by atoms with Gasteiger partial charge in [0.15, 0.2) is 0 Å². The van der Waals surface area contributed by atoms with Gasteiger partial charge in [-0.3, -0.25) is 4.55 Å². The molecular formula is C8H7F3O3S. The maximum Gasteiger partial charge on any atom is 0.417 e. The molecule has 84 valence electrons. The minimum atomic E-state index is -4.87. The highest BCUT2D eigenvalue weighted by Crippen LogP contribution is 2.35. The van der Waals surface area contributed by atoms with Gasteiger partial charge in [0.25, 0.3) is 10.1 Å². The molecule has 0 saturated carbocycles. The summed E-state index contributed by atoms with van der Waals surface area (Å²) in [5.74, 6) is 0. The zero-order chi connectivity index (χ0) is 11.9. The second-order valence-corrected chi connectivity index (χ2v) is 4.28. The predicted molar refractivity (Wildman–Crippen MR) is 46.0 cm³/mol. The second-order valence-electron chi connectivity index (χ2n) is 2.92. The molecular weight excluding hydrogens is 233 g/mol. The number of halogens is 3. The zero-order valence-corrected chi connectivity index (χ0v) is 8.35. The van der Waals surface area contributed by atoms with Crippen LogP contribution >= 0.6 is 0 Å². The van der Waals surface area contributed by atoms with Crippen molar-refractivity contribution in [3.63, 3.8) is 0 Å². The van der Waals surface area contributed by atoms with Gasteiger partial charge >= 0.3 is 6.18 Å². The van der Waals surface area contributed by atoms with E-state index in [4.69, 9.17) is 4.55 Å². The minimum absolute atomic E-state index is 0.146. The molecule has 15 heavy (non-hydrogen) atoms. The number of aryl methyl sites for hydroxylation is 1. The Hall–Kier alpha value is -1.08. The Bertz CT molecular complexity index is 476. The lowest BCUT2D eigenvalue weighted by atomic mass is 10.1. The summed E-state index contributed by atoms with van der Waals surface area (Å²) in [5.41, 5.74) is -1.50. The highest BCUT2D eigenvalue weighted by molar-refractivity contribution is 7.86. The molecule has 0 aromatic heterocycles. The van der Waals surface area contributed by atoms with E-state index in [9.17, 15) is 21.6 Å². The first-order chi connectivity index (χ1) is 6.64. The van der Waals surface area contributed by atoms with E-state index in [1.165, 1.54) is 13.0 Å². The lowest BCUT2D eigenvalue weighted by molar-refractivity contribution is -0.140. The number of hydrogen-bond acceptors (Lipinski definition) is 2. The summed E-state index contributed by atoms with van der Waals surface area (Å²) in [6, 6.07) is 2.86. The van der Waals surface area contributed by atoms with Crippen LogP contribution in [-0.2, 0) is 16.3 Å². The molecule has 0 amide bonds. The van der Waals surface area contributed by atoms with Crippen molar-refractivity contribution in [2.45, 2.75) is 18.0 Å². The quantitative estimate of drug-likeness (QED) is 0.766. The summed E-state index contributed by atoms with van der Waals surface area (Å²) < 4.78 is 67.4. The van der Waals surface area contributed by atoms with Crippen molar-refractivity contribution in [3.8, 4) is 0 Å². The number of alkyl halides is 3. The molecule has 0 aliphatic heterocycles. The molecule has 0 aliphatic rings. The Labute approximate surface area is 84.3 Å². The first-order valence-corrected chi connectivity index (χ1v) is 5.22. The van der Waals surface area contributed by atoms with Crippen molar-refractivity contribution in [1.82, 2.24) is 0 Å². The van der Waals surface area contributed by atoms with Gasteiger partial charge < -0.3 is 0 Å². The van der Waals surface area contributed by atoms with Gasteiger partial charge in [0, 0.05) is 0 Å². The molecule has 0 saturated heterocycles. The van der Waals surface area contributed by atoms with Crippen LogP contribution in [-0.4, -0.2) is 13.0 Å². The van der Waals surface area contributed by atoms with Crippen molar-refractivity contribution in [2.24, 2.45) is 0 Å². The summed E-state index contributed by atoms with van der Waals surface area (Å²) >= 11 is 0. The normalized spacial score (nSPS) is 12.9. The fourth-order valence-electron chi connectivity index (χ4n) is 1.22. The first kappa shape index (κ1) is 12.0. The number of hydrogen-bond donors (Lipinski definition) is 1. The molecule has 0 radical (unpaired) electrons. The molecule has 1 aromatic rings. The third-order valence-corrected chi connectivity index (χ3v) is 2.83. The predicted octanol–water partition coefficient (Wildman–Crippen LogP) is 2.26. The van der Waals surface area contributed by atoms with Crippen LogP contribution in [0, 0.1) is 6.92 Å². The van der Waals surface area contributed by atoms with Crippen LogP contribution in [0.1, 0.15) is 11.1 Å². The molecule has 0 aliphatic carbocycles. The van der Waals surface area contributed by atoms with Gasteiger partial charge in [-0.05, 0) is 18.6 Å². The van der Waals surface area contributed by atoms with Crippen LogP contribution in [0.25, 0.3) is 0 Å². The third-order valence-electron chi connectivity index (χ3n) is 1.78. The molecule has 7 heteroatoms. The van der Waals surface area contributed by atoms with Crippen molar-refractivity contribution >= 4 is 10.1 Å². The highest BCUT2D eigenvalue weighted by Gasteiger charge is 2.37. The van der Waals surface area contributed by atoms with E-state index < -0.39 is 26.8 Å². The van der Waals surface area contributed by atoms with Gasteiger partial charge in [-0.25, -0.2) is 0 Å². The Kier molecular flexibility index (Phi) is 2.79. The van der Waals surface area contributed by atoms with E-state index >= 15 is 0 Å². The Morgan fingerprint density at radius 1 is 1.27 bits per heavy atom. The molecule has 0 spiro atoms. The van der Waals surface area contributed by atoms with Crippen molar-refractivity contribution in [2.75, 3.05) is 0 Å². The fraction of sp³-hybridized carbons (Fsp3) is 0.250. The van der Waals surface area contributed by atoms with Gasteiger partial charge in [-0.15, -0.1) is 0 Å². The highest BCUT2D eigenvalue weighted by atomic mass is 32.2. The largest absolute Gasteiger partial charge is 0.417 e. The van der Waals surface area contributed by atoms with Crippen molar-refractivity contribution < 1.29 is 26.1 Å². The summed E-state index contributed by atoms with van der Waals surface area (Å²) in [6.45, 7) is 1.18. The average Bonchev–Trinajstić information content (AvgIpc) is 1.99. The Balaban J connectivity index is 3.63. The summed E-state index contributed by atoms with van der Waals surface area (Å²) in [7, 11) is -4.87. The van der Waals surface area contributed by atoms with E-state index in [0.717, 1.165) is 6.07 Å². The Morgan fingerprint density at radius 2 is 1.80 bits per heavy atom. The number of benzene rings is 1. The molecule has 3 nitrogen and oxygen atoms in total. The van der Waals surface area contributed by atoms with E-state index in [-0.39, 0.29) is 5.56 Å². The zero-order valence-electron chi connectivity index (χ0n) is 7.54. The second kappa shape index (κ2) is 3.49. The van der Waals surface area contributed by atoms with Crippen LogP contribution in [0.3, 0.4) is 0 Å². The van der Waals surface area contributed by atoms with E-state index in [2.05, 4.69) is 0 Å². The van der Waals surface area contributed by atoms with Crippen LogP contribution in [0.5, 0.6) is 0 Å². The molecule has 0 atom stereocenters.